The predicted octanol–water partition coefficient (Wildman–Crippen LogP) is 5.15. The van der Waals surface area contributed by atoms with Crippen molar-refractivity contribution in [3.05, 3.63) is 62.3 Å². The van der Waals surface area contributed by atoms with Crippen molar-refractivity contribution >= 4 is 50.7 Å². The van der Waals surface area contributed by atoms with Gasteiger partial charge >= 0.3 is 0 Å². The number of nitrogens with one attached hydrogen (secondary N) is 1. The summed E-state index contributed by atoms with van der Waals surface area (Å²) >= 11 is 14.9. The fourth-order valence-electron chi connectivity index (χ4n) is 1.44. The molecular weight excluding hydrogens is 356 g/mol. The average Bonchev–Trinajstić information content (AvgIpc) is 2.37. The van der Waals surface area contributed by atoms with E-state index in [1.54, 1.807) is 12.1 Å². The van der Waals surface area contributed by atoms with Gasteiger partial charge in [-0.3, -0.25) is 4.79 Å². The summed E-state index contributed by atoms with van der Waals surface area (Å²) in [6.45, 7) is 0. The fourth-order valence-corrected chi connectivity index (χ4v) is 2.15. The van der Waals surface area contributed by atoms with Gasteiger partial charge in [-0.25, -0.2) is 4.39 Å². The SMILES string of the molecule is O=C(Nc1c(F)cccc1Cl)c1ccc(Cl)c(Br)c1. The number of carbonyl (C=O) groups is 1. The number of rotatable bonds is 2. The monoisotopic (exact) mass is 361 g/mol. The van der Waals surface area contributed by atoms with Gasteiger partial charge in [0, 0.05) is 10.0 Å². The summed E-state index contributed by atoms with van der Waals surface area (Å²) in [6.07, 6.45) is 0. The topological polar surface area (TPSA) is 29.1 Å². The van der Waals surface area contributed by atoms with Crippen molar-refractivity contribution in [1.29, 1.82) is 0 Å². The van der Waals surface area contributed by atoms with Gasteiger partial charge in [0.05, 0.1) is 15.7 Å². The van der Waals surface area contributed by atoms with E-state index in [1.165, 1.54) is 24.3 Å². The zero-order valence-corrected chi connectivity index (χ0v) is 12.5. The van der Waals surface area contributed by atoms with E-state index in [0.29, 0.717) is 15.1 Å². The van der Waals surface area contributed by atoms with E-state index in [9.17, 15) is 9.18 Å². The molecule has 0 aliphatic heterocycles. The van der Waals surface area contributed by atoms with Crippen molar-refractivity contribution in [2.45, 2.75) is 0 Å². The van der Waals surface area contributed by atoms with Crippen LogP contribution in [0.1, 0.15) is 10.4 Å². The molecule has 2 rings (SSSR count). The van der Waals surface area contributed by atoms with Crippen LogP contribution < -0.4 is 5.32 Å². The summed E-state index contributed by atoms with van der Waals surface area (Å²) in [4.78, 5) is 12.0. The molecule has 0 bridgehead atoms. The Morgan fingerprint density at radius 2 is 1.89 bits per heavy atom. The number of hydrogen-bond acceptors (Lipinski definition) is 1. The van der Waals surface area contributed by atoms with Gasteiger partial charge in [-0.1, -0.05) is 29.3 Å². The zero-order chi connectivity index (χ0) is 14.0. The molecule has 19 heavy (non-hydrogen) atoms. The molecule has 2 nitrogen and oxygen atoms in total. The van der Waals surface area contributed by atoms with E-state index >= 15 is 0 Å². The van der Waals surface area contributed by atoms with E-state index in [2.05, 4.69) is 21.2 Å². The summed E-state index contributed by atoms with van der Waals surface area (Å²) in [6, 6.07) is 8.84. The summed E-state index contributed by atoms with van der Waals surface area (Å²) in [7, 11) is 0. The van der Waals surface area contributed by atoms with Crippen LogP contribution in [0, 0.1) is 5.82 Å². The van der Waals surface area contributed by atoms with Gasteiger partial charge < -0.3 is 5.32 Å². The summed E-state index contributed by atoms with van der Waals surface area (Å²) in [5.74, 6) is -1.06. The molecule has 0 saturated carbocycles. The van der Waals surface area contributed by atoms with Crippen LogP contribution in [0.25, 0.3) is 0 Å². The second kappa shape index (κ2) is 5.90. The molecule has 0 aliphatic rings. The second-order valence-corrected chi connectivity index (χ2v) is 5.35. The molecular formula is C13H7BrCl2FNO. The third-order valence-electron chi connectivity index (χ3n) is 2.38. The maximum absolute atomic E-state index is 13.5. The van der Waals surface area contributed by atoms with Crippen LogP contribution in [0.2, 0.25) is 10.0 Å². The minimum Gasteiger partial charge on any atom is -0.318 e. The van der Waals surface area contributed by atoms with Crippen LogP contribution in [0.5, 0.6) is 0 Å². The molecule has 2 aromatic carbocycles. The smallest absolute Gasteiger partial charge is 0.255 e. The Balaban J connectivity index is 2.28. The molecule has 0 fully saturated rings. The number of halogens is 4. The number of benzene rings is 2. The number of para-hydroxylation sites is 1. The summed E-state index contributed by atoms with van der Waals surface area (Å²) < 4.78 is 14.1. The molecule has 0 heterocycles. The maximum atomic E-state index is 13.5. The van der Waals surface area contributed by atoms with Crippen molar-refractivity contribution in [2.75, 3.05) is 5.32 Å². The zero-order valence-electron chi connectivity index (χ0n) is 9.38. The Bertz CT molecular complexity index is 628. The van der Waals surface area contributed by atoms with Crippen LogP contribution in [0.3, 0.4) is 0 Å². The Kier molecular flexibility index (Phi) is 4.45. The molecule has 0 aliphatic carbocycles. The Morgan fingerprint density at radius 1 is 1.16 bits per heavy atom. The van der Waals surface area contributed by atoms with Gasteiger partial charge in [0.1, 0.15) is 5.82 Å². The molecule has 0 atom stereocenters. The lowest BCUT2D eigenvalue weighted by Crippen LogP contribution is -2.13. The highest BCUT2D eigenvalue weighted by atomic mass is 79.9. The Hall–Kier alpha value is -1.10. The molecule has 2 aromatic rings. The van der Waals surface area contributed by atoms with Crippen molar-refractivity contribution in [1.82, 2.24) is 0 Å². The lowest BCUT2D eigenvalue weighted by molar-refractivity contribution is 0.102. The highest BCUT2D eigenvalue weighted by Gasteiger charge is 2.13. The minimum atomic E-state index is -0.589. The number of amides is 1. The van der Waals surface area contributed by atoms with E-state index < -0.39 is 11.7 Å². The molecule has 0 spiro atoms. The lowest BCUT2D eigenvalue weighted by Gasteiger charge is -2.08. The molecule has 0 radical (unpaired) electrons. The molecule has 0 unspecified atom stereocenters. The average molecular weight is 363 g/mol. The predicted molar refractivity (Wildman–Crippen MR) is 78.5 cm³/mol. The normalized spacial score (nSPS) is 10.3. The largest absolute Gasteiger partial charge is 0.318 e. The van der Waals surface area contributed by atoms with Gasteiger partial charge in [0.25, 0.3) is 5.91 Å². The lowest BCUT2D eigenvalue weighted by atomic mass is 10.2. The van der Waals surface area contributed by atoms with Crippen molar-refractivity contribution in [3.8, 4) is 0 Å². The molecule has 98 valence electrons. The summed E-state index contributed by atoms with van der Waals surface area (Å²) in [5, 5.41) is 3.06. The first-order valence-electron chi connectivity index (χ1n) is 5.19. The number of anilines is 1. The van der Waals surface area contributed by atoms with Crippen LogP contribution >= 0.6 is 39.1 Å². The van der Waals surface area contributed by atoms with Gasteiger partial charge in [-0.2, -0.15) is 0 Å². The quantitative estimate of drug-likeness (QED) is 0.786. The number of carbonyl (C=O) groups excluding carboxylic acids is 1. The highest BCUT2D eigenvalue weighted by molar-refractivity contribution is 9.10. The second-order valence-electron chi connectivity index (χ2n) is 3.68. The first-order valence-corrected chi connectivity index (χ1v) is 6.74. The first kappa shape index (κ1) is 14.3. The fraction of sp³-hybridized carbons (Fsp3) is 0. The third kappa shape index (κ3) is 3.26. The maximum Gasteiger partial charge on any atom is 0.255 e. The van der Waals surface area contributed by atoms with Crippen molar-refractivity contribution in [2.24, 2.45) is 0 Å². The van der Waals surface area contributed by atoms with Crippen LogP contribution in [-0.2, 0) is 0 Å². The van der Waals surface area contributed by atoms with Gasteiger partial charge in [-0.05, 0) is 46.3 Å². The van der Waals surface area contributed by atoms with Crippen LogP contribution in [0.4, 0.5) is 10.1 Å². The molecule has 1 N–H and O–H groups in total. The van der Waals surface area contributed by atoms with Crippen LogP contribution in [0.15, 0.2) is 40.9 Å². The summed E-state index contributed by atoms with van der Waals surface area (Å²) in [5.41, 5.74) is 0.302. The van der Waals surface area contributed by atoms with E-state index in [1.807, 2.05) is 0 Å². The Labute approximate surface area is 127 Å². The standard InChI is InChI=1S/C13H7BrCl2FNO/c14-8-6-7(4-5-9(8)15)13(19)18-12-10(16)2-1-3-11(12)17/h1-6H,(H,18,19). The van der Waals surface area contributed by atoms with E-state index in [-0.39, 0.29) is 10.7 Å². The minimum absolute atomic E-state index is 0.0414. The molecule has 0 saturated heterocycles. The Morgan fingerprint density at radius 3 is 2.53 bits per heavy atom. The molecule has 6 heteroatoms. The van der Waals surface area contributed by atoms with Crippen LogP contribution in [-0.4, -0.2) is 5.91 Å². The molecule has 0 aromatic heterocycles. The van der Waals surface area contributed by atoms with E-state index in [4.69, 9.17) is 23.2 Å². The van der Waals surface area contributed by atoms with Gasteiger partial charge in [0.2, 0.25) is 0 Å². The van der Waals surface area contributed by atoms with Gasteiger partial charge in [-0.15, -0.1) is 0 Å². The van der Waals surface area contributed by atoms with Crippen molar-refractivity contribution in [3.63, 3.8) is 0 Å². The third-order valence-corrected chi connectivity index (χ3v) is 3.91. The number of hydrogen-bond donors (Lipinski definition) is 1. The van der Waals surface area contributed by atoms with E-state index in [0.717, 1.165) is 0 Å². The molecule has 1 amide bonds. The first-order chi connectivity index (χ1) is 8.99. The highest BCUT2D eigenvalue weighted by Crippen LogP contribution is 2.27. The van der Waals surface area contributed by atoms with Gasteiger partial charge in [0.15, 0.2) is 0 Å². The van der Waals surface area contributed by atoms with Crippen molar-refractivity contribution < 1.29 is 9.18 Å².